The molecule has 1 saturated heterocycles. The smallest absolute Gasteiger partial charge is 0.244 e. The first-order chi connectivity index (χ1) is 13.6. The van der Waals surface area contributed by atoms with Crippen LogP contribution >= 0.6 is 0 Å². The molecule has 0 saturated carbocycles. The molecule has 144 valence electrons. The fraction of sp³-hybridized carbons (Fsp3) is 0.389. The lowest BCUT2D eigenvalue weighted by atomic mass is 9.98. The van der Waals surface area contributed by atoms with Gasteiger partial charge in [-0.25, -0.2) is 15.0 Å². The summed E-state index contributed by atoms with van der Waals surface area (Å²) < 4.78 is 8.76. The summed E-state index contributed by atoms with van der Waals surface area (Å²) in [6, 6.07) is 5.74. The molecule has 2 N–H and O–H groups in total. The molecule has 10 nitrogen and oxygen atoms in total. The number of aromatic nitrogens is 7. The van der Waals surface area contributed by atoms with E-state index in [0.29, 0.717) is 22.9 Å². The van der Waals surface area contributed by atoms with Gasteiger partial charge in [-0.3, -0.25) is 4.68 Å². The summed E-state index contributed by atoms with van der Waals surface area (Å²) >= 11 is 0. The van der Waals surface area contributed by atoms with Crippen molar-refractivity contribution in [3.05, 3.63) is 30.4 Å². The van der Waals surface area contributed by atoms with E-state index in [1.165, 1.54) is 0 Å². The van der Waals surface area contributed by atoms with Crippen molar-refractivity contribution in [2.24, 2.45) is 7.05 Å². The SMILES string of the molecule is COc1cccc2c1nc(N)n1nc([C@@H]3CCCN(c4ncn(C)n4)C3)nc21. The fourth-order valence-corrected chi connectivity index (χ4v) is 3.82. The number of nitrogen functional groups attached to an aromatic ring is 1. The highest BCUT2D eigenvalue weighted by molar-refractivity contribution is 5.95. The predicted molar refractivity (Wildman–Crippen MR) is 104 cm³/mol. The zero-order valence-electron chi connectivity index (χ0n) is 15.8. The van der Waals surface area contributed by atoms with Crippen LogP contribution in [0, 0.1) is 0 Å². The van der Waals surface area contributed by atoms with Crippen LogP contribution in [0.15, 0.2) is 24.5 Å². The molecule has 0 bridgehead atoms. The molecule has 1 aliphatic heterocycles. The summed E-state index contributed by atoms with van der Waals surface area (Å²) in [5.74, 6) is 2.65. The Kier molecular flexibility index (Phi) is 3.78. The van der Waals surface area contributed by atoms with Crippen molar-refractivity contribution < 1.29 is 4.74 Å². The van der Waals surface area contributed by atoms with Crippen molar-refractivity contribution in [2.75, 3.05) is 30.8 Å². The van der Waals surface area contributed by atoms with Crippen LogP contribution in [-0.2, 0) is 7.05 Å². The quantitative estimate of drug-likeness (QED) is 0.568. The lowest BCUT2D eigenvalue weighted by molar-refractivity contribution is 0.419. The summed E-state index contributed by atoms with van der Waals surface area (Å²) in [6.07, 6.45) is 3.75. The minimum absolute atomic E-state index is 0.178. The Morgan fingerprint density at radius 2 is 2.11 bits per heavy atom. The second-order valence-electron chi connectivity index (χ2n) is 7.04. The maximum absolute atomic E-state index is 6.17. The van der Waals surface area contributed by atoms with Gasteiger partial charge in [-0.05, 0) is 25.0 Å². The highest BCUT2D eigenvalue weighted by Gasteiger charge is 2.27. The second kappa shape index (κ2) is 6.32. The zero-order chi connectivity index (χ0) is 19.3. The molecule has 0 spiro atoms. The molecule has 5 rings (SSSR count). The van der Waals surface area contributed by atoms with Gasteiger partial charge < -0.3 is 15.4 Å². The molecule has 0 amide bonds. The van der Waals surface area contributed by atoms with Crippen LogP contribution in [0.5, 0.6) is 5.75 Å². The minimum Gasteiger partial charge on any atom is -0.494 e. The van der Waals surface area contributed by atoms with E-state index in [9.17, 15) is 0 Å². The van der Waals surface area contributed by atoms with E-state index in [1.54, 1.807) is 22.6 Å². The molecule has 1 aliphatic rings. The van der Waals surface area contributed by atoms with Crippen LogP contribution in [0.1, 0.15) is 24.6 Å². The van der Waals surface area contributed by atoms with Crippen LogP contribution in [-0.4, -0.2) is 54.5 Å². The molecule has 1 aromatic carbocycles. The highest BCUT2D eigenvalue weighted by atomic mass is 16.5. The van der Waals surface area contributed by atoms with E-state index in [1.807, 2.05) is 25.2 Å². The lowest BCUT2D eigenvalue weighted by Gasteiger charge is -2.30. The fourth-order valence-electron chi connectivity index (χ4n) is 3.82. The summed E-state index contributed by atoms with van der Waals surface area (Å²) in [5, 5.41) is 9.97. The first-order valence-electron chi connectivity index (χ1n) is 9.23. The first-order valence-corrected chi connectivity index (χ1v) is 9.23. The van der Waals surface area contributed by atoms with Gasteiger partial charge in [0.15, 0.2) is 11.5 Å². The Morgan fingerprint density at radius 1 is 1.21 bits per heavy atom. The number of nitrogens with two attached hydrogens (primary N) is 1. The Labute approximate surface area is 161 Å². The molecule has 0 unspecified atom stereocenters. The molecule has 10 heteroatoms. The number of fused-ring (bicyclic) bond motifs is 3. The van der Waals surface area contributed by atoms with E-state index in [-0.39, 0.29) is 5.92 Å². The normalized spacial score (nSPS) is 17.5. The number of benzene rings is 1. The molecule has 28 heavy (non-hydrogen) atoms. The number of rotatable bonds is 3. The van der Waals surface area contributed by atoms with Crippen LogP contribution in [0.3, 0.4) is 0 Å². The molecular weight excluding hydrogens is 358 g/mol. The third kappa shape index (κ3) is 2.60. The van der Waals surface area contributed by atoms with Gasteiger partial charge >= 0.3 is 0 Å². The third-order valence-electron chi connectivity index (χ3n) is 5.18. The topological polar surface area (TPSA) is 112 Å². The largest absolute Gasteiger partial charge is 0.494 e. The molecule has 1 atom stereocenters. The van der Waals surface area contributed by atoms with Gasteiger partial charge in [0.2, 0.25) is 11.9 Å². The number of para-hydroxylation sites is 1. The standard InChI is InChI=1S/C18H21N9O/c1-25-10-20-18(24-25)26-8-4-5-11(9-26)15-22-16-12-6-3-7-13(28-2)14(12)21-17(19)27(16)23-15/h3,6-7,10-11H,4-5,8-9H2,1-2H3,(H2,19,21)/t11-/m1/s1. The van der Waals surface area contributed by atoms with Crippen molar-refractivity contribution in [3.8, 4) is 5.75 Å². The van der Waals surface area contributed by atoms with Gasteiger partial charge in [0.1, 0.15) is 17.6 Å². The van der Waals surface area contributed by atoms with E-state index >= 15 is 0 Å². The number of methoxy groups -OCH3 is 1. The molecular formula is C18H21N9O. The average molecular weight is 379 g/mol. The first kappa shape index (κ1) is 16.7. The second-order valence-corrected chi connectivity index (χ2v) is 7.04. The highest BCUT2D eigenvalue weighted by Crippen LogP contribution is 2.31. The zero-order valence-corrected chi connectivity index (χ0v) is 15.8. The summed E-state index contributed by atoms with van der Waals surface area (Å²) in [5.41, 5.74) is 7.56. The molecule has 3 aromatic heterocycles. The molecule has 0 aliphatic carbocycles. The van der Waals surface area contributed by atoms with Crippen LogP contribution in [0.4, 0.5) is 11.9 Å². The Hall–Kier alpha value is -3.43. The molecule has 0 radical (unpaired) electrons. The maximum Gasteiger partial charge on any atom is 0.244 e. The Balaban J connectivity index is 1.56. The Bertz CT molecular complexity index is 1160. The summed E-state index contributed by atoms with van der Waals surface area (Å²) in [7, 11) is 3.49. The van der Waals surface area contributed by atoms with Gasteiger partial charge in [-0.2, -0.15) is 4.52 Å². The van der Waals surface area contributed by atoms with Gasteiger partial charge in [0.05, 0.1) is 7.11 Å². The van der Waals surface area contributed by atoms with Gasteiger partial charge in [0, 0.05) is 31.4 Å². The van der Waals surface area contributed by atoms with E-state index in [2.05, 4.69) is 25.1 Å². The van der Waals surface area contributed by atoms with Gasteiger partial charge in [0.25, 0.3) is 0 Å². The van der Waals surface area contributed by atoms with Crippen molar-refractivity contribution in [1.82, 2.24) is 34.3 Å². The lowest BCUT2D eigenvalue weighted by Crippen LogP contribution is -2.35. The van der Waals surface area contributed by atoms with Crippen molar-refractivity contribution >= 4 is 28.4 Å². The number of hydrogen-bond acceptors (Lipinski definition) is 8. The molecule has 1 fully saturated rings. The molecule has 4 heterocycles. The van der Waals surface area contributed by atoms with Crippen molar-refractivity contribution in [2.45, 2.75) is 18.8 Å². The monoisotopic (exact) mass is 379 g/mol. The maximum atomic E-state index is 6.17. The number of nitrogens with zero attached hydrogens (tertiary/aromatic N) is 8. The summed E-state index contributed by atoms with van der Waals surface area (Å²) in [6.45, 7) is 1.70. The van der Waals surface area contributed by atoms with Crippen LogP contribution < -0.4 is 15.4 Å². The van der Waals surface area contributed by atoms with E-state index < -0.39 is 0 Å². The number of piperidine rings is 1. The number of ether oxygens (including phenoxy) is 1. The number of aryl methyl sites for hydroxylation is 1. The molecule has 4 aromatic rings. The van der Waals surface area contributed by atoms with Gasteiger partial charge in [-0.1, -0.05) is 6.07 Å². The summed E-state index contributed by atoms with van der Waals surface area (Å²) in [4.78, 5) is 15.9. The van der Waals surface area contributed by atoms with E-state index in [4.69, 9.17) is 15.5 Å². The predicted octanol–water partition coefficient (Wildman–Crippen LogP) is 1.38. The average Bonchev–Trinajstić information content (AvgIpc) is 3.35. The van der Waals surface area contributed by atoms with Gasteiger partial charge in [-0.15, -0.1) is 10.2 Å². The van der Waals surface area contributed by atoms with Crippen molar-refractivity contribution in [1.29, 1.82) is 0 Å². The van der Waals surface area contributed by atoms with Crippen LogP contribution in [0.2, 0.25) is 0 Å². The van der Waals surface area contributed by atoms with E-state index in [0.717, 1.165) is 43.1 Å². The third-order valence-corrected chi connectivity index (χ3v) is 5.18. The Morgan fingerprint density at radius 3 is 2.89 bits per heavy atom. The van der Waals surface area contributed by atoms with Crippen molar-refractivity contribution in [3.63, 3.8) is 0 Å². The number of anilines is 2. The van der Waals surface area contributed by atoms with Crippen LogP contribution in [0.25, 0.3) is 16.6 Å². The minimum atomic E-state index is 0.178. The number of hydrogen-bond donors (Lipinski definition) is 1.